The van der Waals surface area contributed by atoms with Crippen LogP contribution in [0.5, 0.6) is 5.88 Å². The Morgan fingerprint density at radius 3 is 2.88 bits per heavy atom. The van der Waals surface area contributed by atoms with Gasteiger partial charge in [-0.15, -0.1) is 10.2 Å². The summed E-state index contributed by atoms with van der Waals surface area (Å²) in [5.74, 6) is -0.326. The molecule has 3 aromatic rings. The van der Waals surface area contributed by atoms with Crippen LogP contribution in [0.25, 0.3) is 11.5 Å². The summed E-state index contributed by atoms with van der Waals surface area (Å²) in [6.07, 6.45) is 0. The van der Waals surface area contributed by atoms with Gasteiger partial charge in [0.05, 0.1) is 11.6 Å². The average Bonchev–Trinajstić information content (AvgIpc) is 2.98. The normalized spacial score (nSPS) is 10.5. The molecule has 0 radical (unpaired) electrons. The Bertz CT molecular complexity index is 947. The predicted molar refractivity (Wildman–Crippen MR) is 80.1 cm³/mol. The summed E-state index contributed by atoms with van der Waals surface area (Å²) in [5, 5.41) is 16.9. The van der Waals surface area contributed by atoms with Crippen LogP contribution in [0.3, 0.4) is 0 Å². The summed E-state index contributed by atoms with van der Waals surface area (Å²) in [6, 6.07) is 7.40. The first kappa shape index (κ1) is 15.4. The molecule has 2 aromatic heterocycles. The Morgan fingerprint density at radius 2 is 2.17 bits per heavy atom. The van der Waals surface area contributed by atoms with Crippen molar-refractivity contribution in [1.29, 1.82) is 0 Å². The largest absolute Gasteiger partial charge is 0.493 e. The van der Waals surface area contributed by atoms with E-state index in [0.717, 1.165) is 6.07 Å². The Morgan fingerprint density at radius 1 is 1.33 bits per heavy atom. The predicted octanol–water partition coefficient (Wildman–Crippen LogP) is 1.19. The van der Waals surface area contributed by atoms with Crippen molar-refractivity contribution in [2.24, 2.45) is 0 Å². The highest BCUT2D eigenvalue weighted by molar-refractivity contribution is 5.90. The second kappa shape index (κ2) is 6.32. The standard InChI is InChI=1S/C15H12N4O5/c1-8-18-19-14(24-8)9-3-2-4-10(5-9)15(22)23-7-11-16-12(20)6-13(21)17-11/h2-6H,7H2,1H3,(H2,16,17,20,21). The van der Waals surface area contributed by atoms with Gasteiger partial charge in [-0.2, -0.15) is 4.98 Å². The molecule has 0 aliphatic rings. The Hall–Kier alpha value is -3.49. The van der Waals surface area contributed by atoms with Crippen LogP contribution in [0.1, 0.15) is 22.1 Å². The van der Waals surface area contributed by atoms with Crippen molar-refractivity contribution in [3.63, 3.8) is 0 Å². The maximum Gasteiger partial charge on any atom is 0.338 e. The third-order valence-electron chi connectivity index (χ3n) is 2.99. The van der Waals surface area contributed by atoms with Gasteiger partial charge >= 0.3 is 5.97 Å². The first-order valence-electron chi connectivity index (χ1n) is 6.88. The van der Waals surface area contributed by atoms with Crippen LogP contribution in [0.15, 0.2) is 39.5 Å². The number of ether oxygens (including phenoxy) is 1. The number of esters is 1. The summed E-state index contributed by atoms with van der Waals surface area (Å²) in [5.41, 5.74) is 0.308. The molecule has 0 unspecified atom stereocenters. The number of aromatic hydroxyl groups is 1. The number of hydrogen-bond acceptors (Lipinski definition) is 8. The first-order valence-corrected chi connectivity index (χ1v) is 6.88. The summed E-state index contributed by atoms with van der Waals surface area (Å²) in [4.78, 5) is 29.3. The van der Waals surface area contributed by atoms with Crippen molar-refractivity contribution in [2.45, 2.75) is 13.5 Å². The molecular formula is C15H12N4O5. The second-order valence-corrected chi connectivity index (χ2v) is 4.83. The van der Waals surface area contributed by atoms with Crippen molar-refractivity contribution in [3.05, 3.63) is 58.0 Å². The number of nitrogens with zero attached hydrogens (tertiary/aromatic N) is 3. The molecule has 1 aromatic carbocycles. The average molecular weight is 328 g/mol. The minimum atomic E-state index is -0.626. The lowest BCUT2D eigenvalue weighted by molar-refractivity contribution is 0.0461. The van der Waals surface area contributed by atoms with Gasteiger partial charge in [0.2, 0.25) is 17.7 Å². The first-order chi connectivity index (χ1) is 11.5. The van der Waals surface area contributed by atoms with E-state index < -0.39 is 17.4 Å². The van der Waals surface area contributed by atoms with Gasteiger partial charge < -0.3 is 19.2 Å². The number of aromatic nitrogens is 4. The fourth-order valence-corrected chi connectivity index (χ4v) is 1.97. The van der Waals surface area contributed by atoms with Gasteiger partial charge in [0.1, 0.15) is 6.61 Å². The number of rotatable bonds is 4. The molecule has 2 N–H and O–H groups in total. The van der Waals surface area contributed by atoms with Crippen LogP contribution in [-0.2, 0) is 11.3 Å². The monoisotopic (exact) mass is 328 g/mol. The summed E-state index contributed by atoms with van der Waals surface area (Å²) in [6.45, 7) is 1.38. The summed E-state index contributed by atoms with van der Waals surface area (Å²) in [7, 11) is 0. The Kier molecular flexibility index (Phi) is 4.06. The third-order valence-corrected chi connectivity index (χ3v) is 2.99. The molecule has 0 amide bonds. The van der Waals surface area contributed by atoms with Gasteiger partial charge in [-0.05, 0) is 18.2 Å². The Labute approximate surface area is 135 Å². The highest BCUT2D eigenvalue weighted by atomic mass is 16.5. The molecule has 3 rings (SSSR count). The van der Waals surface area contributed by atoms with Crippen LogP contribution < -0.4 is 5.56 Å². The molecule has 9 nitrogen and oxygen atoms in total. The minimum absolute atomic E-state index is 0.0389. The minimum Gasteiger partial charge on any atom is -0.493 e. The van der Waals surface area contributed by atoms with Gasteiger partial charge in [-0.3, -0.25) is 4.79 Å². The molecule has 0 spiro atoms. The quantitative estimate of drug-likeness (QED) is 0.683. The Balaban J connectivity index is 1.74. The van der Waals surface area contributed by atoms with Gasteiger partial charge in [-0.1, -0.05) is 6.07 Å². The zero-order chi connectivity index (χ0) is 17.1. The highest BCUT2D eigenvalue weighted by Crippen LogP contribution is 2.19. The van der Waals surface area contributed by atoms with Crippen molar-refractivity contribution >= 4 is 5.97 Å². The summed E-state index contributed by atoms with van der Waals surface area (Å²) >= 11 is 0. The lowest BCUT2D eigenvalue weighted by atomic mass is 10.1. The number of carbonyl (C=O) groups is 1. The lowest BCUT2D eigenvalue weighted by Crippen LogP contribution is -2.13. The number of aryl methyl sites for hydroxylation is 1. The van der Waals surface area contributed by atoms with E-state index in [-0.39, 0.29) is 18.0 Å². The zero-order valence-electron chi connectivity index (χ0n) is 12.5. The van der Waals surface area contributed by atoms with E-state index >= 15 is 0 Å². The number of nitrogens with one attached hydrogen (secondary N) is 1. The van der Waals surface area contributed by atoms with Gasteiger partial charge in [0.15, 0.2) is 5.82 Å². The molecule has 0 bridgehead atoms. The second-order valence-electron chi connectivity index (χ2n) is 4.83. The lowest BCUT2D eigenvalue weighted by Gasteiger charge is -2.05. The van der Waals surface area contributed by atoms with Crippen molar-refractivity contribution in [2.75, 3.05) is 0 Å². The van der Waals surface area contributed by atoms with E-state index in [0.29, 0.717) is 17.3 Å². The number of H-pyrrole nitrogens is 1. The highest BCUT2D eigenvalue weighted by Gasteiger charge is 2.12. The van der Waals surface area contributed by atoms with E-state index in [2.05, 4.69) is 20.2 Å². The van der Waals surface area contributed by atoms with E-state index in [1.165, 1.54) is 0 Å². The summed E-state index contributed by atoms with van der Waals surface area (Å²) < 4.78 is 10.4. The molecule has 9 heteroatoms. The number of benzene rings is 1. The van der Waals surface area contributed by atoms with Gasteiger partial charge in [0.25, 0.3) is 5.56 Å². The van der Waals surface area contributed by atoms with Crippen LogP contribution in [0.2, 0.25) is 0 Å². The van der Waals surface area contributed by atoms with Crippen molar-refractivity contribution in [3.8, 4) is 17.3 Å². The molecule has 0 fully saturated rings. The molecule has 122 valence electrons. The van der Waals surface area contributed by atoms with E-state index in [1.807, 2.05) is 0 Å². The molecule has 0 saturated carbocycles. The maximum absolute atomic E-state index is 12.1. The number of carbonyl (C=O) groups excluding carboxylic acids is 1. The number of hydrogen-bond donors (Lipinski definition) is 2. The molecular weight excluding hydrogens is 316 g/mol. The fourth-order valence-electron chi connectivity index (χ4n) is 1.97. The molecule has 0 atom stereocenters. The zero-order valence-corrected chi connectivity index (χ0v) is 12.5. The molecule has 0 aliphatic heterocycles. The molecule has 0 aliphatic carbocycles. The topological polar surface area (TPSA) is 131 Å². The van der Waals surface area contributed by atoms with Crippen LogP contribution in [-0.4, -0.2) is 31.2 Å². The van der Waals surface area contributed by atoms with E-state index in [9.17, 15) is 14.7 Å². The van der Waals surface area contributed by atoms with Crippen LogP contribution in [0, 0.1) is 6.92 Å². The third kappa shape index (κ3) is 3.46. The number of aromatic amines is 1. The molecule has 24 heavy (non-hydrogen) atoms. The van der Waals surface area contributed by atoms with E-state index in [1.54, 1.807) is 31.2 Å². The van der Waals surface area contributed by atoms with Gasteiger partial charge in [-0.25, -0.2) is 4.79 Å². The van der Waals surface area contributed by atoms with E-state index in [4.69, 9.17) is 9.15 Å². The SMILES string of the molecule is Cc1nnc(-c2cccc(C(=O)OCc3nc(O)cc(=O)[nH]3)c2)o1. The van der Waals surface area contributed by atoms with Gasteiger partial charge in [0, 0.05) is 12.5 Å². The molecule has 0 saturated heterocycles. The molecule has 2 heterocycles. The van der Waals surface area contributed by atoms with Crippen molar-refractivity contribution < 1.29 is 19.1 Å². The van der Waals surface area contributed by atoms with Crippen LogP contribution in [0.4, 0.5) is 0 Å². The fraction of sp³-hybridized carbons (Fsp3) is 0.133. The van der Waals surface area contributed by atoms with Crippen molar-refractivity contribution in [1.82, 2.24) is 20.2 Å². The van der Waals surface area contributed by atoms with Crippen LogP contribution >= 0.6 is 0 Å². The smallest absolute Gasteiger partial charge is 0.338 e. The maximum atomic E-state index is 12.1.